The summed E-state index contributed by atoms with van der Waals surface area (Å²) in [5.74, 6) is 1.82. The number of aromatic nitrogens is 2. The van der Waals surface area contributed by atoms with Gasteiger partial charge in [0.25, 0.3) is 0 Å². The molecule has 1 heterocycles. The van der Waals surface area contributed by atoms with Crippen molar-refractivity contribution in [2.45, 2.75) is 38.7 Å². The molecule has 0 aliphatic heterocycles. The quantitative estimate of drug-likeness (QED) is 0.849. The summed E-state index contributed by atoms with van der Waals surface area (Å²) in [6.45, 7) is 4.23. The van der Waals surface area contributed by atoms with E-state index in [1.807, 2.05) is 0 Å². The van der Waals surface area contributed by atoms with E-state index >= 15 is 0 Å². The summed E-state index contributed by atoms with van der Waals surface area (Å²) < 4.78 is 7.06. The van der Waals surface area contributed by atoms with Crippen LogP contribution in [0.15, 0.2) is 4.47 Å². The fourth-order valence-electron chi connectivity index (χ4n) is 1.98. The molecule has 17 heavy (non-hydrogen) atoms. The first kappa shape index (κ1) is 13.2. The Morgan fingerprint density at radius 3 is 2.59 bits per heavy atom. The van der Waals surface area contributed by atoms with Gasteiger partial charge in [-0.25, -0.2) is 4.98 Å². The second-order valence-corrected chi connectivity index (χ2v) is 6.01. The molecule has 0 bridgehead atoms. The number of aromatic amines is 1. The van der Waals surface area contributed by atoms with Crippen molar-refractivity contribution >= 4 is 28.1 Å². The number of hydrogen-bond acceptors (Lipinski definition) is 3. The van der Waals surface area contributed by atoms with Crippen LogP contribution in [0.1, 0.15) is 50.2 Å². The van der Waals surface area contributed by atoms with Gasteiger partial charge in [-0.15, -0.1) is 0 Å². The second kappa shape index (κ2) is 5.16. The Morgan fingerprint density at radius 2 is 2.12 bits per heavy atom. The van der Waals surface area contributed by atoms with Crippen LogP contribution < -0.4 is 0 Å². The summed E-state index contributed by atoms with van der Waals surface area (Å²) >= 11 is 8.82. The average Bonchev–Trinajstić information content (AvgIpc) is 3.07. The third-order valence-electron chi connectivity index (χ3n) is 3.02. The van der Waals surface area contributed by atoms with Gasteiger partial charge in [0.15, 0.2) is 0 Å². The molecule has 5 heteroatoms. The van der Waals surface area contributed by atoms with Crippen molar-refractivity contribution in [3.05, 3.63) is 20.6 Å². The highest BCUT2D eigenvalue weighted by atomic mass is 79.9. The van der Waals surface area contributed by atoms with Gasteiger partial charge in [-0.3, -0.25) is 0 Å². The van der Waals surface area contributed by atoms with Gasteiger partial charge in [0.05, 0.1) is 4.47 Å². The Balaban J connectivity index is 2.44. The molecule has 0 amide bonds. The van der Waals surface area contributed by atoms with E-state index in [1.54, 1.807) is 7.11 Å². The normalized spacial score (nSPS) is 17.5. The Hall–Kier alpha value is -0.260. The van der Waals surface area contributed by atoms with Crippen LogP contribution in [0.3, 0.4) is 0 Å². The molecule has 1 aliphatic carbocycles. The average molecular weight is 317 g/mol. The van der Waals surface area contributed by atoms with Gasteiger partial charge >= 0.3 is 0 Å². The molecule has 1 unspecified atom stereocenters. The van der Waals surface area contributed by atoms with Crippen molar-refractivity contribution < 1.29 is 4.74 Å². The topological polar surface area (TPSA) is 37.9 Å². The first-order chi connectivity index (χ1) is 8.04. The second-order valence-electron chi connectivity index (χ2n) is 4.83. The zero-order valence-electron chi connectivity index (χ0n) is 10.3. The third kappa shape index (κ3) is 2.77. The van der Waals surface area contributed by atoms with Crippen LogP contribution in [-0.2, 0) is 4.74 Å². The molecular formula is C12H17BrN2OS. The SMILES string of the molecule is COC(c1nc(=S)c(Br)c(C2CC2)[nH]1)C(C)C. The largest absolute Gasteiger partial charge is 0.373 e. The summed E-state index contributed by atoms with van der Waals surface area (Å²) in [6, 6.07) is 0. The van der Waals surface area contributed by atoms with E-state index in [9.17, 15) is 0 Å². The summed E-state index contributed by atoms with van der Waals surface area (Å²) in [4.78, 5) is 7.82. The van der Waals surface area contributed by atoms with E-state index in [0.29, 0.717) is 16.5 Å². The maximum atomic E-state index is 5.49. The van der Waals surface area contributed by atoms with Gasteiger partial charge in [0, 0.05) is 18.7 Å². The van der Waals surface area contributed by atoms with E-state index in [-0.39, 0.29) is 6.10 Å². The van der Waals surface area contributed by atoms with Crippen molar-refractivity contribution in [1.82, 2.24) is 9.97 Å². The molecule has 94 valence electrons. The number of methoxy groups -OCH3 is 1. The van der Waals surface area contributed by atoms with E-state index in [1.165, 1.54) is 18.5 Å². The van der Waals surface area contributed by atoms with Crippen LogP contribution in [0.5, 0.6) is 0 Å². The van der Waals surface area contributed by atoms with Crippen molar-refractivity contribution in [3.8, 4) is 0 Å². The van der Waals surface area contributed by atoms with Crippen molar-refractivity contribution in [3.63, 3.8) is 0 Å². The first-order valence-corrected chi connectivity index (χ1v) is 7.07. The molecular weight excluding hydrogens is 300 g/mol. The van der Waals surface area contributed by atoms with Crippen LogP contribution >= 0.6 is 28.1 Å². The molecule has 1 aromatic rings. The summed E-state index contributed by atoms with van der Waals surface area (Å²) in [6.07, 6.45) is 2.43. The van der Waals surface area contributed by atoms with Crippen LogP contribution in [0.4, 0.5) is 0 Å². The molecule has 2 rings (SSSR count). The zero-order chi connectivity index (χ0) is 12.6. The predicted molar refractivity (Wildman–Crippen MR) is 73.7 cm³/mol. The number of rotatable bonds is 4. The Kier molecular flexibility index (Phi) is 4.00. The van der Waals surface area contributed by atoms with Crippen molar-refractivity contribution in [1.29, 1.82) is 0 Å². The van der Waals surface area contributed by atoms with E-state index in [4.69, 9.17) is 17.0 Å². The summed E-state index contributed by atoms with van der Waals surface area (Å²) in [7, 11) is 1.71. The van der Waals surface area contributed by atoms with Gasteiger partial charge < -0.3 is 9.72 Å². The molecule has 0 saturated heterocycles. The van der Waals surface area contributed by atoms with Gasteiger partial charge in [-0.2, -0.15) is 0 Å². The van der Waals surface area contributed by atoms with Crippen molar-refractivity contribution in [2.75, 3.05) is 7.11 Å². The molecule has 1 aromatic heterocycles. The molecule has 1 aliphatic rings. The molecule has 1 saturated carbocycles. The molecule has 0 aromatic carbocycles. The van der Waals surface area contributed by atoms with Crippen LogP contribution in [-0.4, -0.2) is 17.1 Å². The number of hydrogen-bond donors (Lipinski definition) is 1. The monoisotopic (exact) mass is 316 g/mol. The lowest BCUT2D eigenvalue weighted by Gasteiger charge is -2.19. The van der Waals surface area contributed by atoms with E-state index in [2.05, 4.69) is 39.7 Å². The number of nitrogens with zero attached hydrogens (tertiary/aromatic N) is 1. The van der Waals surface area contributed by atoms with Gasteiger partial charge in [0.1, 0.15) is 16.6 Å². The number of nitrogens with one attached hydrogen (secondary N) is 1. The molecule has 3 nitrogen and oxygen atoms in total. The fraction of sp³-hybridized carbons (Fsp3) is 0.667. The van der Waals surface area contributed by atoms with Crippen LogP contribution in [0.25, 0.3) is 0 Å². The minimum atomic E-state index is -0.0256. The maximum Gasteiger partial charge on any atom is 0.144 e. The van der Waals surface area contributed by atoms with E-state index in [0.717, 1.165) is 10.3 Å². The summed E-state index contributed by atoms with van der Waals surface area (Å²) in [5, 5.41) is 0. The highest BCUT2D eigenvalue weighted by molar-refractivity contribution is 9.10. The maximum absolute atomic E-state index is 5.49. The Labute approximate surface area is 115 Å². The van der Waals surface area contributed by atoms with Gasteiger partial charge in [0.2, 0.25) is 0 Å². The Bertz CT molecular complexity index is 468. The number of H-pyrrole nitrogens is 1. The molecule has 1 fully saturated rings. The first-order valence-electron chi connectivity index (χ1n) is 5.87. The van der Waals surface area contributed by atoms with Gasteiger partial charge in [-0.1, -0.05) is 26.1 Å². The zero-order valence-corrected chi connectivity index (χ0v) is 12.7. The minimum absolute atomic E-state index is 0.0256. The van der Waals surface area contributed by atoms with Gasteiger partial charge in [-0.05, 0) is 34.7 Å². The summed E-state index contributed by atoms with van der Waals surface area (Å²) in [5.41, 5.74) is 1.18. The lowest BCUT2D eigenvalue weighted by molar-refractivity contribution is 0.0571. The highest BCUT2D eigenvalue weighted by Gasteiger charge is 2.29. The highest BCUT2D eigenvalue weighted by Crippen LogP contribution is 2.42. The standard InChI is InChI=1S/C12H17BrN2OS/c1-6(2)10(16-3)11-14-9(7-4-5-7)8(13)12(17)15-11/h6-7,10H,4-5H2,1-3H3,(H,14,15,17). The predicted octanol–water partition coefficient (Wildman–Crippen LogP) is 4.12. The number of halogens is 1. The molecule has 1 atom stereocenters. The minimum Gasteiger partial charge on any atom is -0.373 e. The lowest BCUT2D eigenvalue weighted by Crippen LogP contribution is -2.14. The third-order valence-corrected chi connectivity index (χ3v) is 4.38. The fourth-order valence-corrected chi connectivity index (χ4v) is 2.70. The molecule has 0 radical (unpaired) electrons. The van der Waals surface area contributed by atoms with E-state index < -0.39 is 0 Å². The molecule has 1 N–H and O–H groups in total. The van der Waals surface area contributed by atoms with Crippen LogP contribution in [0, 0.1) is 10.6 Å². The smallest absolute Gasteiger partial charge is 0.144 e. The van der Waals surface area contributed by atoms with Crippen molar-refractivity contribution in [2.24, 2.45) is 5.92 Å². The van der Waals surface area contributed by atoms with Crippen LogP contribution in [0.2, 0.25) is 0 Å². The lowest BCUT2D eigenvalue weighted by atomic mass is 10.1. The Morgan fingerprint density at radius 1 is 1.47 bits per heavy atom. The molecule has 0 spiro atoms. The number of ether oxygens (including phenoxy) is 1.